The smallest absolute Gasteiger partial charge is 0.308 e. The van der Waals surface area contributed by atoms with Gasteiger partial charge < -0.3 is 24.2 Å². The predicted octanol–water partition coefficient (Wildman–Crippen LogP) is 3.38. The van der Waals surface area contributed by atoms with Crippen LogP contribution >= 0.6 is 0 Å². The topological polar surface area (TPSA) is 68.2 Å². The van der Waals surface area contributed by atoms with E-state index in [2.05, 4.69) is 37.1 Å². The fraction of sp³-hybridized carbons (Fsp3) is 0.667. The number of methoxy groups -OCH3 is 1. The maximum absolute atomic E-state index is 11.9. The zero-order valence-electron chi connectivity index (χ0n) is 20.3. The highest BCUT2D eigenvalue weighted by Gasteiger charge is 2.80. The molecular formula is C27H35NO5. The van der Waals surface area contributed by atoms with Crippen LogP contribution < -0.4 is 9.47 Å². The van der Waals surface area contributed by atoms with Gasteiger partial charge >= 0.3 is 5.97 Å². The second kappa shape index (κ2) is 6.61. The summed E-state index contributed by atoms with van der Waals surface area (Å²) >= 11 is 0. The molecule has 4 bridgehead atoms. The Morgan fingerprint density at radius 1 is 1.36 bits per heavy atom. The largest absolute Gasteiger partial charge is 0.482 e. The van der Waals surface area contributed by atoms with Crippen LogP contribution in [0.5, 0.6) is 11.5 Å². The minimum Gasteiger partial charge on any atom is -0.482 e. The highest BCUT2D eigenvalue weighted by atomic mass is 16.6. The van der Waals surface area contributed by atoms with Gasteiger partial charge in [-0.3, -0.25) is 4.79 Å². The highest BCUT2D eigenvalue weighted by Crippen LogP contribution is 2.75. The van der Waals surface area contributed by atoms with Crippen molar-refractivity contribution in [3.8, 4) is 11.5 Å². The molecule has 2 spiro atoms. The fourth-order valence-electron chi connectivity index (χ4n) is 8.67. The number of esters is 1. The van der Waals surface area contributed by atoms with E-state index in [1.807, 2.05) is 13.0 Å². The molecule has 33 heavy (non-hydrogen) atoms. The molecule has 1 unspecified atom stereocenters. The summed E-state index contributed by atoms with van der Waals surface area (Å²) in [6.07, 6.45) is 8.69. The molecule has 1 N–H and O–H groups in total. The molecule has 0 radical (unpaired) electrons. The minimum atomic E-state index is -0.881. The maximum Gasteiger partial charge on any atom is 0.308 e. The van der Waals surface area contributed by atoms with E-state index < -0.39 is 11.2 Å². The molecule has 7 rings (SSSR count). The van der Waals surface area contributed by atoms with Gasteiger partial charge in [-0.2, -0.15) is 0 Å². The van der Waals surface area contributed by atoms with E-state index in [0.29, 0.717) is 24.0 Å². The number of fused-ring (bicyclic) bond motifs is 1. The van der Waals surface area contributed by atoms with Crippen molar-refractivity contribution in [1.29, 1.82) is 0 Å². The van der Waals surface area contributed by atoms with Crippen molar-refractivity contribution in [1.82, 2.24) is 4.90 Å². The summed E-state index contributed by atoms with van der Waals surface area (Å²) < 4.78 is 18.9. The van der Waals surface area contributed by atoms with Crippen LogP contribution in [0.3, 0.4) is 0 Å². The number of carbonyl (C=O) groups excluding carboxylic acids is 1. The molecule has 1 aromatic rings. The summed E-state index contributed by atoms with van der Waals surface area (Å²) in [4.78, 5) is 14.4. The van der Waals surface area contributed by atoms with Gasteiger partial charge in [0.2, 0.25) is 0 Å². The summed E-state index contributed by atoms with van der Waals surface area (Å²) in [7, 11) is 3.99. The van der Waals surface area contributed by atoms with Gasteiger partial charge in [-0.15, -0.1) is 0 Å². The molecule has 2 aliphatic heterocycles. The molecule has 1 aromatic carbocycles. The molecule has 6 nitrogen and oxygen atoms in total. The van der Waals surface area contributed by atoms with E-state index in [1.54, 1.807) is 7.11 Å². The van der Waals surface area contributed by atoms with Gasteiger partial charge in [0.1, 0.15) is 11.7 Å². The summed E-state index contributed by atoms with van der Waals surface area (Å²) in [6.45, 7) is 6.50. The Morgan fingerprint density at radius 3 is 2.85 bits per heavy atom. The Hall–Kier alpha value is -1.89. The molecule has 178 valence electrons. The maximum atomic E-state index is 11.9. The third-order valence-electron chi connectivity index (χ3n) is 9.82. The van der Waals surface area contributed by atoms with Gasteiger partial charge in [-0.1, -0.05) is 31.6 Å². The molecule has 1 saturated carbocycles. The minimum absolute atomic E-state index is 0.0971. The molecule has 2 heterocycles. The van der Waals surface area contributed by atoms with Crippen molar-refractivity contribution in [2.75, 3.05) is 20.7 Å². The normalized spacial score (nSPS) is 41.3. The number of hydrogen-bond donors (Lipinski definition) is 1. The Bertz CT molecular complexity index is 1060. The lowest BCUT2D eigenvalue weighted by Crippen LogP contribution is -2.80. The summed E-state index contributed by atoms with van der Waals surface area (Å²) in [5.41, 5.74) is 0.452. The number of aliphatic hydroxyl groups is 1. The van der Waals surface area contributed by atoms with Crippen molar-refractivity contribution in [3.63, 3.8) is 0 Å². The molecule has 0 aromatic heterocycles. The molecule has 6 aliphatic rings. The zero-order valence-corrected chi connectivity index (χ0v) is 20.3. The highest BCUT2D eigenvalue weighted by molar-refractivity contribution is 5.73. The number of rotatable bonds is 5. The predicted molar refractivity (Wildman–Crippen MR) is 124 cm³/mol. The first-order valence-electron chi connectivity index (χ1n) is 12.4. The van der Waals surface area contributed by atoms with E-state index >= 15 is 0 Å². The van der Waals surface area contributed by atoms with Crippen molar-refractivity contribution in [2.24, 2.45) is 11.3 Å². The molecule has 4 aliphatic carbocycles. The van der Waals surface area contributed by atoms with Gasteiger partial charge in [0.15, 0.2) is 11.5 Å². The number of likely N-dealkylation sites (tertiary alicyclic amines) is 1. The van der Waals surface area contributed by atoms with Crippen molar-refractivity contribution >= 4 is 5.97 Å². The Balaban J connectivity index is 1.63. The van der Waals surface area contributed by atoms with Gasteiger partial charge in [0, 0.05) is 37.0 Å². The Labute approximate surface area is 195 Å². The lowest BCUT2D eigenvalue weighted by Gasteiger charge is -2.72. The number of likely N-dealkylation sites (N-methyl/N-ethyl adjacent to an activating group) is 1. The first kappa shape index (κ1) is 21.6. The van der Waals surface area contributed by atoms with Crippen molar-refractivity contribution < 1.29 is 24.1 Å². The number of piperidine rings is 1. The average Bonchev–Trinajstić information content (AvgIpc) is 3.14. The van der Waals surface area contributed by atoms with E-state index in [4.69, 9.17) is 14.2 Å². The number of hydrogen-bond acceptors (Lipinski definition) is 6. The van der Waals surface area contributed by atoms with Crippen LogP contribution in [0.4, 0.5) is 0 Å². The molecule has 0 amide bonds. The van der Waals surface area contributed by atoms with E-state index in [1.165, 1.54) is 18.1 Å². The summed E-state index contributed by atoms with van der Waals surface area (Å²) in [6, 6.07) is 4.33. The van der Waals surface area contributed by atoms with Crippen LogP contribution in [0.15, 0.2) is 24.3 Å². The Morgan fingerprint density at radius 2 is 2.15 bits per heavy atom. The number of carbonyl (C=O) groups is 1. The first-order chi connectivity index (χ1) is 15.7. The Kier molecular flexibility index (Phi) is 4.34. The number of benzene rings is 1. The zero-order chi connectivity index (χ0) is 23.4. The van der Waals surface area contributed by atoms with Crippen LogP contribution in [0.1, 0.15) is 57.6 Å². The quantitative estimate of drug-likeness (QED) is 0.419. The second-order valence-electron chi connectivity index (χ2n) is 11.2. The van der Waals surface area contributed by atoms with E-state index in [-0.39, 0.29) is 28.8 Å². The average molecular weight is 454 g/mol. The van der Waals surface area contributed by atoms with Crippen molar-refractivity contribution in [3.05, 3.63) is 35.4 Å². The lowest BCUT2D eigenvalue weighted by molar-refractivity contribution is -0.247. The molecule has 6 heteroatoms. The van der Waals surface area contributed by atoms with E-state index in [0.717, 1.165) is 32.2 Å². The van der Waals surface area contributed by atoms with Gasteiger partial charge in [-0.05, 0) is 57.8 Å². The standard InChI is InChI=1S/C27H35NO5/c1-6-9-24(3,30)19-15-25-10-11-27(19,31-5)23-26(25)12-13-28(4)20(25)14-17-7-8-18(32-16(2)29)22(33-23)21(17)26/h7-8,10-11,19-20,23,30H,6,9,12-15H2,1-5H3/t19-,20-,23-,24-,25+,26+,27?/m1/s1. The molecule has 1 saturated heterocycles. The SMILES string of the molecule is CCC[C@@](C)(O)[C@H]1C[C@]23C=CC1(OC)[C@@H]1Oc4c(OC(C)=O)ccc5c4[C@@]12CCN(C)[C@@H]3C5. The van der Waals surface area contributed by atoms with Gasteiger partial charge in [-0.25, -0.2) is 0 Å². The van der Waals surface area contributed by atoms with Gasteiger partial charge in [0.25, 0.3) is 0 Å². The fourth-order valence-corrected chi connectivity index (χ4v) is 8.67. The monoisotopic (exact) mass is 453 g/mol. The first-order valence-corrected chi connectivity index (χ1v) is 12.4. The van der Waals surface area contributed by atoms with Crippen LogP contribution in [0, 0.1) is 11.3 Å². The molecule has 2 fully saturated rings. The van der Waals surface area contributed by atoms with E-state index in [9.17, 15) is 9.90 Å². The molecular weight excluding hydrogens is 418 g/mol. The number of ether oxygens (including phenoxy) is 3. The number of nitrogens with zero attached hydrogens (tertiary/aromatic N) is 1. The lowest BCUT2D eigenvalue weighted by atomic mass is 9.36. The third-order valence-corrected chi connectivity index (χ3v) is 9.82. The third kappa shape index (κ3) is 2.33. The van der Waals surface area contributed by atoms with Crippen LogP contribution in [-0.4, -0.2) is 60.0 Å². The van der Waals surface area contributed by atoms with Gasteiger partial charge in [0.05, 0.1) is 11.0 Å². The second-order valence-corrected chi connectivity index (χ2v) is 11.2. The van der Waals surface area contributed by atoms with Crippen molar-refractivity contribution in [2.45, 2.75) is 81.6 Å². The summed E-state index contributed by atoms with van der Waals surface area (Å²) in [5, 5.41) is 11.8. The van der Waals surface area contributed by atoms with Crippen LogP contribution in [0.25, 0.3) is 0 Å². The summed E-state index contributed by atoms with van der Waals surface area (Å²) in [5.74, 6) is 0.765. The molecule has 7 atom stereocenters. The van der Waals surface area contributed by atoms with Crippen LogP contribution in [0.2, 0.25) is 0 Å². The van der Waals surface area contributed by atoms with Crippen LogP contribution in [-0.2, 0) is 21.4 Å².